The van der Waals surface area contributed by atoms with E-state index < -0.39 is 11.7 Å². The number of nitrogens with zero attached hydrogens (tertiary/aromatic N) is 2. The third-order valence-corrected chi connectivity index (χ3v) is 2.97. The molecule has 0 aromatic carbocycles. The maximum absolute atomic E-state index is 12.7. The fourth-order valence-corrected chi connectivity index (χ4v) is 2.03. The van der Waals surface area contributed by atoms with E-state index in [1.54, 1.807) is 4.90 Å². The quantitative estimate of drug-likeness (QED) is 0.866. The molecule has 2 heterocycles. The average Bonchev–Trinajstić information content (AvgIpc) is 2.23. The smallest absolute Gasteiger partial charge is 0.396 e. The molecule has 0 spiro atoms. The molecule has 1 N–H and O–H groups in total. The van der Waals surface area contributed by atoms with Crippen molar-refractivity contribution in [3.63, 3.8) is 0 Å². The fourth-order valence-electron chi connectivity index (χ4n) is 2.03. The van der Waals surface area contributed by atoms with Gasteiger partial charge < -0.3 is 10.0 Å². The Balaban J connectivity index is 2.24. The molecule has 1 saturated heterocycles. The lowest BCUT2D eigenvalue weighted by Gasteiger charge is -2.49. The van der Waals surface area contributed by atoms with Crippen LogP contribution in [0.5, 0.6) is 0 Å². The van der Waals surface area contributed by atoms with Crippen LogP contribution < -0.4 is 4.90 Å². The van der Waals surface area contributed by atoms with Gasteiger partial charge in [0.2, 0.25) is 0 Å². The highest BCUT2D eigenvalue weighted by Gasteiger charge is 2.42. The third-order valence-electron chi connectivity index (χ3n) is 2.97. The van der Waals surface area contributed by atoms with E-state index >= 15 is 0 Å². The first kappa shape index (κ1) is 12.2. The molecular formula is C11H13F3N2O. The molecule has 17 heavy (non-hydrogen) atoms. The summed E-state index contributed by atoms with van der Waals surface area (Å²) in [5, 5.41) is 9.08. The maximum atomic E-state index is 12.7. The summed E-state index contributed by atoms with van der Waals surface area (Å²) in [6, 6.07) is 1.36. The number of aliphatic hydroxyl groups excluding tert-OH is 1. The van der Waals surface area contributed by atoms with Gasteiger partial charge in [-0.3, -0.25) is 4.98 Å². The number of hydrogen-bond donors (Lipinski definition) is 1. The van der Waals surface area contributed by atoms with Gasteiger partial charge in [0.1, 0.15) is 0 Å². The standard InChI is InChI=1S/C11H13F3N2O/c1-10(7-17)5-16(6-10)9-2-3-15-4-8(9)11(12,13)14/h2-4,17H,5-7H2,1H3. The molecule has 1 aromatic heterocycles. The maximum Gasteiger partial charge on any atom is 0.419 e. The second-order valence-electron chi connectivity index (χ2n) is 4.72. The number of anilines is 1. The van der Waals surface area contributed by atoms with Crippen molar-refractivity contribution in [1.29, 1.82) is 0 Å². The number of alkyl halides is 3. The van der Waals surface area contributed by atoms with Crippen LogP contribution in [0.15, 0.2) is 18.5 Å². The Morgan fingerprint density at radius 2 is 2.12 bits per heavy atom. The molecular weight excluding hydrogens is 233 g/mol. The molecule has 0 atom stereocenters. The van der Waals surface area contributed by atoms with E-state index in [4.69, 9.17) is 5.11 Å². The normalized spacial score (nSPS) is 19.0. The summed E-state index contributed by atoms with van der Waals surface area (Å²) in [4.78, 5) is 5.12. The lowest BCUT2D eigenvalue weighted by Crippen LogP contribution is -2.57. The first-order chi connectivity index (χ1) is 7.86. The van der Waals surface area contributed by atoms with Crippen LogP contribution in [0.2, 0.25) is 0 Å². The van der Waals surface area contributed by atoms with Gasteiger partial charge in [-0.2, -0.15) is 13.2 Å². The van der Waals surface area contributed by atoms with Crippen LogP contribution in [0.4, 0.5) is 18.9 Å². The molecule has 94 valence electrons. The molecule has 6 heteroatoms. The zero-order valence-corrected chi connectivity index (χ0v) is 9.33. The summed E-state index contributed by atoms with van der Waals surface area (Å²) < 4.78 is 38.2. The van der Waals surface area contributed by atoms with Gasteiger partial charge in [-0.25, -0.2) is 0 Å². The summed E-state index contributed by atoms with van der Waals surface area (Å²) in [5.74, 6) is 0. The van der Waals surface area contributed by atoms with Crippen molar-refractivity contribution >= 4 is 5.69 Å². The third kappa shape index (κ3) is 2.22. The van der Waals surface area contributed by atoms with Gasteiger partial charge in [0.15, 0.2) is 0 Å². The molecule has 0 radical (unpaired) electrons. The average molecular weight is 246 g/mol. The van der Waals surface area contributed by atoms with E-state index in [1.165, 1.54) is 12.3 Å². The summed E-state index contributed by atoms with van der Waals surface area (Å²) >= 11 is 0. The van der Waals surface area contributed by atoms with E-state index in [1.807, 2.05) is 6.92 Å². The summed E-state index contributed by atoms with van der Waals surface area (Å²) in [7, 11) is 0. The number of hydrogen-bond acceptors (Lipinski definition) is 3. The van der Waals surface area contributed by atoms with Gasteiger partial charge >= 0.3 is 6.18 Å². The van der Waals surface area contributed by atoms with Crippen LogP contribution in [0.3, 0.4) is 0 Å². The first-order valence-electron chi connectivity index (χ1n) is 5.23. The Bertz CT molecular complexity index is 413. The molecule has 0 amide bonds. The zero-order chi connectivity index (χ0) is 12.7. The number of aromatic nitrogens is 1. The topological polar surface area (TPSA) is 36.4 Å². The van der Waals surface area contributed by atoms with Crippen molar-refractivity contribution < 1.29 is 18.3 Å². The molecule has 1 aliphatic heterocycles. The van der Waals surface area contributed by atoms with E-state index in [9.17, 15) is 13.2 Å². The summed E-state index contributed by atoms with van der Waals surface area (Å²) in [5.41, 5.74) is -0.884. The Labute approximate surface area is 96.9 Å². The van der Waals surface area contributed by atoms with Crippen molar-refractivity contribution in [1.82, 2.24) is 4.98 Å². The predicted molar refractivity (Wildman–Crippen MR) is 56.6 cm³/mol. The van der Waals surface area contributed by atoms with E-state index in [2.05, 4.69) is 4.98 Å². The lowest BCUT2D eigenvalue weighted by molar-refractivity contribution is -0.137. The second kappa shape index (κ2) is 3.87. The van der Waals surface area contributed by atoms with Crippen molar-refractivity contribution in [2.45, 2.75) is 13.1 Å². The van der Waals surface area contributed by atoms with Gasteiger partial charge in [0, 0.05) is 30.9 Å². The van der Waals surface area contributed by atoms with Gasteiger partial charge in [-0.05, 0) is 6.07 Å². The van der Waals surface area contributed by atoms with E-state index in [0.717, 1.165) is 6.20 Å². The lowest BCUT2D eigenvalue weighted by atomic mass is 9.82. The SMILES string of the molecule is CC1(CO)CN(c2ccncc2C(F)(F)F)C1. The highest BCUT2D eigenvalue weighted by atomic mass is 19.4. The minimum Gasteiger partial charge on any atom is -0.396 e. The Morgan fingerprint density at radius 3 is 2.65 bits per heavy atom. The van der Waals surface area contributed by atoms with Crippen molar-refractivity contribution in [3.8, 4) is 0 Å². The van der Waals surface area contributed by atoms with Crippen LogP contribution >= 0.6 is 0 Å². The van der Waals surface area contributed by atoms with Gasteiger partial charge in [0.25, 0.3) is 0 Å². The number of rotatable bonds is 2. The van der Waals surface area contributed by atoms with Gasteiger partial charge in [0.05, 0.1) is 17.9 Å². The molecule has 2 rings (SSSR count). The molecule has 1 aliphatic rings. The minimum atomic E-state index is -4.39. The summed E-state index contributed by atoms with van der Waals surface area (Å²) in [6.45, 7) is 2.68. The number of aliphatic hydroxyl groups is 1. The van der Waals surface area contributed by atoms with Crippen molar-refractivity contribution in [3.05, 3.63) is 24.0 Å². The predicted octanol–water partition coefficient (Wildman–Crippen LogP) is 1.92. The highest BCUT2D eigenvalue weighted by Crippen LogP contribution is 2.40. The number of pyridine rings is 1. The second-order valence-corrected chi connectivity index (χ2v) is 4.72. The van der Waals surface area contributed by atoms with Crippen LogP contribution in [0.25, 0.3) is 0 Å². The fraction of sp³-hybridized carbons (Fsp3) is 0.545. The van der Waals surface area contributed by atoms with Crippen molar-refractivity contribution in [2.75, 3.05) is 24.6 Å². The summed E-state index contributed by atoms with van der Waals surface area (Å²) in [6.07, 6.45) is -2.21. The number of halogens is 3. The molecule has 0 aliphatic carbocycles. The molecule has 3 nitrogen and oxygen atoms in total. The highest BCUT2D eigenvalue weighted by molar-refractivity contribution is 5.56. The van der Waals surface area contributed by atoms with Crippen molar-refractivity contribution in [2.24, 2.45) is 5.41 Å². The minimum absolute atomic E-state index is 0.0179. The largest absolute Gasteiger partial charge is 0.419 e. The van der Waals surface area contributed by atoms with Crippen LogP contribution in [0.1, 0.15) is 12.5 Å². The zero-order valence-electron chi connectivity index (χ0n) is 9.33. The molecule has 1 fully saturated rings. The van der Waals surface area contributed by atoms with Crippen LogP contribution in [-0.4, -0.2) is 29.8 Å². The van der Waals surface area contributed by atoms with E-state index in [0.29, 0.717) is 13.1 Å². The van der Waals surface area contributed by atoms with Crippen LogP contribution in [-0.2, 0) is 6.18 Å². The molecule has 0 unspecified atom stereocenters. The van der Waals surface area contributed by atoms with Gasteiger partial charge in [-0.15, -0.1) is 0 Å². The molecule has 0 bridgehead atoms. The first-order valence-corrected chi connectivity index (χ1v) is 5.23. The van der Waals surface area contributed by atoms with Gasteiger partial charge in [-0.1, -0.05) is 6.92 Å². The van der Waals surface area contributed by atoms with E-state index in [-0.39, 0.29) is 17.7 Å². The Hall–Kier alpha value is -1.30. The Kier molecular flexibility index (Phi) is 2.77. The van der Waals surface area contributed by atoms with Crippen LogP contribution in [0, 0.1) is 5.41 Å². The Morgan fingerprint density at radius 1 is 1.47 bits per heavy atom. The molecule has 0 saturated carbocycles. The molecule has 1 aromatic rings. The monoisotopic (exact) mass is 246 g/mol.